The molecule has 1 aromatic carbocycles. The number of anilines is 1. The summed E-state index contributed by atoms with van der Waals surface area (Å²) in [5.74, 6) is 2.98. The highest BCUT2D eigenvalue weighted by Crippen LogP contribution is 2.20. The Hall–Kier alpha value is -3.20. The lowest BCUT2D eigenvalue weighted by atomic mass is 10.1. The highest BCUT2D eigenvalue weighted by molar-refractivity contribution is 6.08. The summed E-state index contributed by atoms with van der Waals surface area (Å²) in [5.41, 5.74) is 7.41. The molecular formula is C17H15N5O. The summed E-state index contributed by atoms with van der Waals surface area (Å²) in [5, 5.41) is 0. The van der Waals surface area contributed by atoms with Crippen molar-refractivity contribution in [2.45, 2.75) is 19.4 Å². The van der Waals surface area contributed by atoms with E-state index in [1.54, 1.807) is 16.7 Å². The van der Waals surface area contributed by atoms with Crippen molar-refractivity contribution < 1.29 is 4.79 Å². The van der Waals surface area contributed by atoms with Crippen molar-refractivity contribution in [2.24, 2.45) is 0 Å². The first kappa shape index (κ1) is 14.7. The first-order valence-corrected chi connectivity index (χ1v) is 7.22. The number of carbonyl (C=O) groups is 1. The van der Waals surface area contributed by atoms with Crippen molar-refractivity contribution in [2.75, 3.05) is 5.73 Å². The summed E-state index contributed by atoms with van der Waals surface area (Å²) in [6.07, 6.45) is 8.01. The Morgan fingerprint density at radius 1 is 1.26 bits per heavy atom. The van der Waals surface area contributed by atoms with Crippen LogP contribution in [0.2, 0.25) is 0 Å². The van der Waals surface area contributed by atoms with Crippen LogP contribution in [0.4, 0.5) is 5.82 Å². The Balaban J connectivity index is 2.11. The maximum absolute atomic E-state index is 12.8. The number of hydrogen-bond donors (Lipinski definition) is 1. The van der Waals surface area contributed by atoms with Gasteiger partial charge in [0.05, 0.1) is 0 Å². The van der Waals surface area contributed by atoms with Crippen LogP contribution >= 0.6 is 0 Å². The second-order valence-electron chi connectivity index (χ2n) is 5.02. The van der Waals surface area contributed by atoms with E-state index < -0.39 is 0 Å². The normalized spacial score (nSPS) is 10.6. The molecule has 6 nitrogen and oxygen atoms in total. The Labute approximate surface area is 133 Å². The summed E-state index contributed by atoms with van der Waals surface area (Å²) in [6, 6.07) is 8.99. The molecule has 2 heterocycles. The quantitative estimate of drug-likeness (QED) is 0.443. The molecule has 3 aromatic rings. The number of aromatic nitrogens is 4. The number of hydrogen-bond acceptors (Lipinski definition) is 5. The largest absolute Gasteiger partial charge is 0.382 e. The number of imidazole rings is 1. The zero-order valence-electron chi connectivity index (χ0n) is 12.4. The van der Waals surface area contributed by atoms with Gasteiger partial charge in [0.1, 0.15) is 6.33 Å². The third-order valence-electron chi connectivity index (χ3n) is 3.50. The van der Waals surface area contributed by atoms with Gasteiger partial charge in [0.15, 0.2) is 22.8 Å². The topological polar surface area (TPSA) is 86.7 Å². The number of nitrogens with two attached hydrogens (primary N) is 1. The van der Waals surface area contributed by atoms with Crippen LogP contribution in [0.1, 0.15) is 29.0 Å². The Morgan fingerprint density at radius 3 is 2.78 bits per heavy atom. The van der Waals surface area contributed by atoms with Crippen molar-refractivity contribution in [3.8, 4) is 12.3 Å². The minimum absolute atomic E-state index is 0.177. The minimum atomic E-state index is -0.177. The first-order valence-electron chi connectivity index (χ1n) is 7.22. The lowest BCUT2D eigenvalue weighted by Crippen LogP contribution is -2.12. The molecule has 0 fully saturated rings. The van der Waals surface area contributed by atoms with Gasteiger partial charge in [0, 0.05) is 18.5 Å². The van der Waals surface area contributed by atoms with Gasteiger partial charge < -0.3 is 10.3 Å². The molecule has 2 N–H and O–H groups in total. The number of ketones is 1. The van der Waals surface area contributed by atoms with Gasteiger partial charge in [-0.25, -0.2) is 15.0 Å². The number of benzene rings is 1. The average molecular weight is 305 g/mol. The highest BCUT2D eigenvalue weighted by Gasteiger charge is 2.21. The maximum atomic E-state index is 12.8. The van der Waals surface area contributed by atoms with E-state index in [0.29, 0.717) is 35.5 Å². The van der Waals surface area contributed by atoms with Gasteiger partial charge >= 0.3 is 0 Å². The second-order valence-corrected chi connectivity index (χ2v) is 5.02. The van der Waals surface area contributed by atoms with E-state index in [9.17, 15) is 4.79 Å². The third kappa shape index (κ3) is 2.77. The zero-order valence-corrected chi connectivity index (χ0v) is 12.4. The van der Waals surface area contributed by atoms with Crippen LogP contribution in [0.3, 0.4) is 0 Å². The number of carbonyl (C=O) groups excluding carboxylic acids is 1. The highest BCUT2D eigenvalue weighted by atomic mass is 16.1. The Kier molecular flexibility index (Phi) is 4.02. The molecule has 114 valence electrons. The molecule has 0 bridgehead atoms. The lowest BCUT2D eigenvalue weighted by molar-refractivity contribution is 0.102. The van der Waals surface area contributed by atoms with Crippen LogP contribution in [0.25, 0.3) is 11.2 Å². The van der Waals surface area contributed by atoms with E-state index in [-0.39, 0.29) is 11.6 Å². The molecule has 2 aromatic heterocycles. The number of nitrogen functional groups attached to an aromatic ring is 1. The van der Waals surface area contributed by atoms with E-state index in [1.165, 1.54) is 6.33 Å². The smallest absolute Gasteiger partial charge is 0.228 e. The van der Waals surface area contributed by atoms with Crippen LogP contribution in [-0.4, -0.2) is 25.3 Å². The third-order valence-corrected chi connectivity index (χ3v) is 3.50. The van der Waals surface area contributed by atoms with Crippen LogP contribution in [-0.2, 0) is 6.54 Å². The van der Waals surface area contributed by atoms with Gasteiger partial charge in [-0.2, -0.15) is 0 Å². The molecule has 0 aliphatic heterocycles. The van der Waals surface area contributed by atoms with E-state index in [4.69, 9.17) is 12.2 Å². The molecule has 3 rings (SSSR count). The number of rotatable bonds is 5. The van der Waals surface area contributed by atoms with E-state index in [0.717, 1.165) is 6.42 Å². The molecular weight excluding hydrogens is 290 g/mol. The van der Waals surface area contributed by atoms with Gasteiger partial charge in [0.25, 0.3) is 0 Å². The van der Waals surface area contributed by atoms with Gasteiger partial charge in [-0.3, -0.25) is 4.79 Å². The van der Waals surface area contributed by atoms with Gasteiger partial charge in [-0.1, -0.05) is 30.3 Å². The van der Waals surface area contributed by atoms with Gasteiger partial charge in [0.2, 0.25) is 5.78 Å². The molecule has 23 heavy (non-hydrogen) atoms. The van der Waals surface area contributed by atoms with Crippen molar-refractivity contribution >= 4 is 22.8 Å². The average Bonchev–Trinajstić information content (AvgIpc) is 2.95. The predicted molar refractivity (Wildman–Crippen MR) is 87.7 cm³/mol. The Morgan fingerprint density at radius 2 is 2.04 bits per heavy atom. The number of aryl methyl sites for hydroxylation is 1. The molecule has 6 heteroatoms. The molecule has 0 amide bonds. The summed E-state index contributed by atoms with van der Waals surface area (Å²) < 4.78 is 1.76. The number of terminal acetylenes is 1. The molecule has 0 saturated carbocycles. The SMILES string of the molecule is C#CCCCn1c(C(=O)c2ccccc2)nc2c(N)ncnc21. The first-order chi connectivity index (χ1) is 11.2. The van der Waals surface area contributed by atoms with Gasteiger partial charge in [-0.15, -0.1) is 12.3 Å². The van der Waals surface area contributed by atoms with Crippen LogP contribution in [0.15, 0.2) is 36.7 Å². The minimum Gasteiger partial charge on any atom is -0.382 e. The standard InChI is InChI=1S/C17H15N5O/c1-2-3-7-10-22-16-13(15(18)19-11-20-16)21-17(22)14(23)12-8-5-4-6-9-12/h1,4-6,8-9,11H,3,7,10H2,(H2,18,19,20). The van der Waals surface area contributed by atoms with Crippen molar-refractivity contribution in [3.05, 3.63) is 48.0 Å². The van der Waals surface area contributed by atoms with E-state index >= 15 is 0 Å². The fourth-order valence-corrected chi connectivity index (χ4v) is 2.40. The number of fused-ring (bicyclic) bond motifs is 1. The predicted octanol–water partition coefficient (Wildman–Crippen LogP) is 2.05. The molecule has 0 aliphatic rings. The molecule has 0 radical (unpaired) electrons. The van der Waals surface area contributed by atoms with Crippen molar-refractivity contribution in [1.82, 2.24) is 19.5 Å². The Bertz CT molecular complexity index is 892. The molecule has 0 unspecified atom stereocenters. The van der Waals surface area contributed by atoms with Crippen LogP contribution < -0.4 is 5.73 Å². The van der Waals surface area contributed by atoms with E-state index in [1.807, 2.05) is 18.2 Å². The lowest BCUT2D eigenvalue weighted by Gasteiger charge is -2.07. The number of nitrogens with zero attached hydrogens (tertiary/aromatic N) is 4. The molecule has 0 aliphatic carbocycles. The van der Waals surface area contributed by atoms with Gasteiger partial charge in [-0.05, 0) is 6.42 Å². The van der Waals surface area contributed by atoms with Crippen molar-refractivity contribution in [1.29, 1.82) is 0 Å². The van der Waals surface area contributed by atoms with Crippen LogP contribution in [0, 0.1) is 12.3 Å². The molecule has 0 saturated heterocycles. The zero-order chi connectivity index (χ0) is 16.2. The summed E-state index contributed by atoms with van der Waals surface area (Å²) >= 11 is 0. The fourth-order valence-electron chi connectivity index (χ4n) is 2.40. The summed E-state index contributed by atoms with van der Waals surface area (Å²) in [4.78, 5) is 25.3. The van der Waals surface area contributed by atoms with Crippen LogP contribution in [0.5, 0.6) is 0 Å². The van der Waals surface area contributed by atoms with Crippen molar-refractivity contribution in [3.63, 3.8) is 0 Å². The summed E-state index contributed by atoms with van der Waals surface area (Å²) in [6.45, 7) is 0.547. The molecule has 0 atom stereocenters. The number of unbranched alkanes of at least 4 members (excludes halogenated alkanes) is 1. The maximum Gasteiger partial charge on any atom is 0.228 e. The van der Waals surface area contributed by atoms with E-state index in [2.05, 4.69) is 20.9 Å². The second kappa shape index (κ2) is 6.28. The molecule has 0 spiro atoms. The monoisotopic (exact) mass is 305 g/mol. The summed E-state index contributed by atoms with van der Waals surface area (Å²) in [7, 11) is 0. The fraction of sp³-hybridized carbons (Fsp3) is 0.176.